The average Bonchev–Trinajstić information content (AvgIpc) is 3.59. The lowest BCUT2D eigenvalue weighted by Crippen LogP contribution is -1.95. The van der Waals surface area contributed by atoms with Gasteiger partial charge >= 0.3 is 0 Å². The van der Waals surface area contributed by atoms with E-state index in [1.165, 1.54) is 0 Å². The number of para-hydroxylation sites is 1. The molecular weight excluding hydrogens is 456 g/mol. The van der Waals surface area contributed by atoms with Crippen molar-refractivity contribution in [3.05, 3.63) is 90.4 Å². The molecule has 0 saturated carbocycles. The number of aromatic nitrogens is 4. The maximum Gasteiger partial charge on any atom is 0.248 e. The quantitative estimate of drug-likeness (QED) is 0.278. The minimum atomic E-state index is 0.331. The summed E-state index contributed by atoms with van der Waals surface area (Å²) in [5.41, 5.74) is 4.39. The summed E-state index contributed by atoms with van der Waals surface area (Å²) in [6.07, 6.45) is 5.67. The third-order valence-electron chi connectivity index (χ3n) is 5.57. The van der Waals surface area contributed by atoms with E-state index in [2.05, 4.69) is 10.2 Å². The van der Waals surface area contributed by atoms with Crippen molar-refractivity contribution in [2.24, 2.45) is 0 Å². The van der Waals surface area contributed by atoms with Gasteiger partial charge in [-0.05, 0) is 30.3 Å². The van der Waals surface area contributed by atoms with Crippen LogP contribution in [0.2, 0.25) is 0 Å². The SMILES string of the molecule is COc1cc(-c2nnc(/C=C/c3cn(-c4ccccc4)nc3-c3ccccc3)o2)cc(OC)c1OC. The van der Waals surface area contributed by atoms with E-state index in [4.69, 9.17) is 23.7 Å². The summed E-state index contributed by atoms with van der Waals surface area (Å²) in [5, 5.41) is 13.2. The van der Waals surface area contributed by atoms with E-state index < -0.39 is 0 Å². The van der Waals surface area contributed by atoms with Crippen molar-refractivity contribution in [3.8, 4) is 45.6 Å². The fourth-order valence-corrected chi connectivity index (χ4v) is 3.83. The van der Waals surface area contributed by atoms with Gasteiger partial charge in [0, 0.05) is 29.0 Å². The minimum absolute atomic E-state index is 0.331. The van der Waals surface area contributed by atoms with Crippen LogP contribution in [0.25, 0.3) is 40.6 Å². The normalized spacial score (nSPS) is 11.1. The molecule has 3 aromatic carbocycles. The van der Waals surface area contributed by atoms with E-state index in [1.54, 1.807) is 39.5 Å². The molecule has 36 heavy (non-hydrogen) atoms. The van der Waals surface area contributed by atoms with E-state index >= 15 is 0 Å². The van der Waals surface area contributed by atoms with E-state index in [9.17, 15) is 0 Å². The summed E-state index contributed by atoms with van der Waals surface area (Å²) in [7, 11) is 4.67. The van der Waals surface area contributed by atoms with Crippen LogP contribution in [0.15, 0.2) is 83.4 Å². The fraction of sp³-hybridized carbons (Fsp3) is 0.107. The first-order valence-corrected chi connectivity index (χ1v) is 11.2. The summed E-state index contributed by atoms with van der Waals surface area (Å²) in [5.74, 6) is 2.18. The van der Waals surface area contributed by atoms with Crippen molar-refractivity contribution < 1.29 is 18.6 Å². The first kappa shape index (κ1) is 22.9. The molecule has 0 atom stereocenters. The van der Waals surface area contributed by atoms with Crippen LogP contribution in [0.3, 0.4) is 0 Å². The lowest BCUT2D eigenvalue weighted by molar-refractivity contribution is 0.324. The Morgan fingerprint density at radius 3 is 2.06 bits per heavy atom. The minimum Gasteiger partial charge on any atom is -0.493 e. The number of hydrogen-bond donors (Lipinski definition) is 0. The van der Waals surface area contributed by atoms with Gasteiger partial charge in [-0.1, -0.05) is 48.5 Å². The van der Waals surface area contributed by atoms with Crippen molar-refractivity contribution in [2.75, 3.05) is 21.3 Å². The third kappa shape index (κ3) is 4.56. The van der Waals surface area contributed by atoms with Gasteiger partial charge in [-0.2, -0.15) is 5.10 Å². The molecule has 8 heteroatoms. The summed E-state index contributed by atoms with van der Waals surface area (Å²) < 4.78 is 24.0. The summed E-state index contributed by atoms with van der Waals surface area (Å²) >= 11 is 0. The standard InChI is InChI=1S/C28H24N4O4/c1-33-23-16-21(17-24(34-2)27(23)35-3)28-30-29-25(36-28)15-14-20-18-32(22-12-8-5-9-13-22)31-26(20)19-10-6-4-7-11-19/h4-18H,1-3H3/b15-14+. The Morgan fingerprint density at radius 1 is 0.750 bits per heavy atom. The van der Waals surface area contributed by atoms with Crippen LogP contribution in [0, 0.1) is 0 Å². The second-order valence-corrected chi connectivity index (χ2v) is 7.77. The molecule has 0 radical (unpaired) electrons. The number of hydrogen-bond acceptors (Lipinski definition) is 7. The van der Waals surface area contributed by atoms with E-state index in [0.717, 1.165) is 22.5 Å². The average molecular weight is 481 g/mol. The molecule has 5 rings (SSSR count). The van der Waals surface area contributed by atoms with Gasteiger partial charge in [0.25, 0.3) is 0 Å². The van der Waals surface area contributed by atoms with Crippen LogP contribution in [-0.2, 0) is 0 Å². The molecule has 2 heterocycles. The van der Waals surface area contributed by atoms with Gasteiger partial charge in [-0.25, -0.2) is 4.68 Å². The molecule has 0 spiro atoms. The molecule has 0 aliphatic carbocycles. The van der Waals surface area contributed by atoms with Crippen LogP contribution < -0.4 is 14.2 Å². The molecule has 0 unspecified atom stereocenters. The maximum atomic E-state index is 5.91. The molecule has 2 aromatic heterocycles. The molecule has 0 saturated heterocycles. The van der Waals surface area contributed by atoms with Gasteiger partial charge in [0.2, 0.25) is 17.5 Å². The Bertz CT molecular complexity index is 1470. The first-order valence-electron chi connectivity index (χ1n) is 11.2. The predicted octanol–water partition coefficient (Wildman–Crippen LogP) is 5.79. The highest BCUT2D eigenvalue weighted by Crippen LogP contribution is 2.41. The van der Waals surface area contributed by atoms with Gasteiger partial charge < -0.3 is 18.6 Å². The van der Waals surface area contributed by atoms with Gasteiger partial charge in [0.1, 0.15) is 0 Å². The molecule has 0 amide bonds. The smallest absolute Gasteiger partial charge is 0.248 e. The number of methoxy groups -OCH3 is 3. The highest BCUT2D eigenvalue weighted by Gasteiger charge is 2.17. The zero-order chi connectivity index (χ0) is 24.9. The Labute approximate surface area is 208 Å². The van der Waals surface area contributed by atoms with Crippen molar-refractivity contribution >= 4 is 12.2 Å². The highest BCUT2D eigenvalue weighted by atomic mass is 16.5. The second-order valence-electron chi connectivity index (χ2n) is 7.77. The van der Waals surface area contributed by atoms with Crippen molar-refractivity contribution in [1.29, 1.82) is 0 Å². The molecule has 0 bridgehead atoms. The molecule has 0 aliphatic heterocycles. The molecule has 180 valence electrons. The van der Waals surface area contributed by atoms with Gasteiger partial charge in [-0.3, -0.25) is 0 Å². The zero-order valence-electron chi connectivity index (χ0n) is 20.1. The third-order valence-corrected chi connectivity index (χ3v) is 5.57. The zero-order valence-corrected chi connectivity index (χ0v) is 20.1. The van der Waals surface area contributed by atoms with E-state index in [-0.39, 0.29) is 0 Å². The van der Waals surface area contributed by atoms with Crippen molar-refractivity contribution in [1.82, 2.24) is 20.0 Å². The lowest BCUT2D eigenvalue weighted by Gasteiger charge is -2.12. The molecule has 0 aliphatic rings. The number of benzene rings is 3. The van der Waals surface area contributed by atoms with E-state index in [1.807, 2.05) is 77.6 Å². The Morgan fingerprint density at radius 2 is 1.42 bits per heavy atom. The number of ether oxygens (including phenoxy) is 3. The van der Waals surface area contributed by atoms with Crippen molar-refractivity contribution in [2.45, 2.75) is 0 Å². The molecule has 0 fully saturated rings. The predicted molar refractivity (Wildman–Crippen MR) is 137 cm³/mol. The number of rotatable bonds is 8. The van der Waals surface area contributed by atoms with Crippen molar-refractivity contribution in [3.63, 3.8) is 0 Å². The fourth-order valence-electron chi connectivity index (χ4n) is 3.83. The Hall–Kier alpha value is -4.85. The summed E-state index contributed by atoms with van der Waals surface area (Å²) in [6.45, 7) is 0. The molecular formula is C28H24N4O4. The lowest BCUT2D eigenvalue weighted by atomic mass is 10.1. The first-order chi connectivity index (χ1) is 17.7. The van der Waals surface area contributed by atoms with Gasteiger partial charge in [-0.15, -0.1) is 10.2 Å². The maximum absolute atomic E-state index is 5.91. The number of nitrogens with zero attached hydrogens (tertiary/aromatic N) is 4. The molecule has 0 N–H and O–H groups in total. The van der Waals surface area contributed by atoms with Crippen LogP contribution in [0.5, 0.6) is 17.2 Å². The van der Waals surface area contributed by atoms with Crippen LogP contribution in [0.4, 0.5) is 0 Å². The molecule has 8 nitrogen and oxygen atoms in total. The summed E-state index contributed by atoms with van der Waals surface area (Å²) in [6, 6.07) is 23.5. The van der Waals surface area contributed by atoms with Crippen LogP contribution in [0.1, 0.15) is 11.5 Å². The van der Waals surface area contributed by atoms with E-state index in [0.29, 0.717) is 34.6 Å². The Kier molecular flexibility index (Phi) is 6.48. The Balaban J connectivity index is 1.48. The summed E-state index contributed by atoms with van der Waals surface area (Å²) in [4.78, 5) is 0. The van der Waals surface area contributed by atoms with Gasteiger partial charge in [0.05, 0.1) is 32.7 Å². The largest absolute Gasteiger partial charge is 0.493 e. The van der Waals surface area contributed by atoms with Crippen LogP contribution >= 0.6 is 0 Å². The molecule has 5 aromatic rings. The second kappa shape index (κ2) is 10.2. The topological polar surface area (TPSA) is 84.4 Å². The highest BCUT2D eigenvalue weighted by molar-refractivity contribution is 5.77. The monoisotopic (exact) mass is 480 g/mol. The van der Waals surface area contributed by atoms with Gasteiger partial charge in [0.15, 0.2) is 11.5 Å². The van der Waals surface area contributed by atoms with Crippen LogP contribution in [-0.4, -0.2) is 41.3 Å².